The third-order valence-corrected chi connectivity index (χ3v) is 5.46. The second kappa shape index (κ2) is 13.2. The fourth-order valence-corrected chi connectivity index (χ4v) is 3.63. The summed E-state index contributed by atoms with van der Waals surface area (Å²) in [6, 6.07) is 3.26. The summed E-state index contributed by atoms with van der Waals surface area (Å²) in [6.07, 6.45) is 3.82. The number of benzene rings is 1. The fourth-order valence-electron chi connectivity index (χ4n) is 2.59. The number of anilines is 2. The molecule has 31 heavy (non-hydrogen) atoms. The highest BCUT2D eigenvalue weighted by Crippen LogP contribution is 2.18. The van der Waals surface area contributed by atoms with Gasteiger partial charge in [-0.3, -0.25) is 9.59 Å². The average molecular weight is 561 g/mol. The number of hydrogen-bond acceptors (Lipinski definition) is 7. The molecule has 12 heteroatoms. The Labute approximate surface area is 197 Å². The summed E-state index contributed by atoms with van der Waals surface area (Å²) in [5, 5.41) is 14.6. The summed E-state index contributed by atoms with van der Waals surface area (Å²) in [5.41, 5.74) is 7.22. The van der Waals surface area contributed by atoms with E-state index in [1.54, 1.807) is 0 Å². The monoisotopic (exact) mass is 561 g/mol. The van der Waals surface area contributed by atoms with Crippen LogP contribution in [0.25, 0.3) is 0 Å². The van der Waals surface area contributed by atoms with Gasteiger partial charge in [0.15, 0.2) is 0 Å². The van der Waals surface area contributed by atoms with Crippen molar-refractivity contribution < 1.29 is 24.2 Å². The molecule has 0 aliphatic carbocycles. The molecule has 0 aliphatic heterocycles. The summed E-state index contributed by atoms with van der Waals surface area (Å²) >= 11 is 3.61. The van der Waals surface area contributed by atoms with E-state index in [1.807, 2.05) is 0 Å². The highest BCUT2D eigenvalue weighted by Gasteiger charge is 2.22. The maximum Gasteiger partial charge on any atom is 0.326 e. The molecule has 0 spiro atoms. The number of nitrogens with zero attached hydrogens (tertiary/aromatic N) is 1. The number of halogens is 1. The first kappa shape index (κ1) is 24.9. The molecule has 0 radical (unpaired) electrons. The van der Waals surface area contributed by atoms with Gasteiger partial charge in [-0.1, -0.05) is 22.6 Å². The van der Waals surface area contributed by atoms with Gasteiger partial charge in [0.1, 0.15) is 6.04 Å². The van der Waals surface area contributed by atoms with Crippen molar-refractivity contribution in [2.75, 3.05) is 33.8 Å². The van der Waals surface area contributed by atoms with Gasteiger partial charge in [0, 0.05) is 41.9 Å². The largest absolute Gasteiger partial charge is 0.480 e. The number of carbonyl (C=O) groups is 3. The van der Waals surface area contributed by atoms with E-state index in [4.69, 9.17) is 10.5 Å². The Bertz CT molecular complexity index is 881. The highest BCUT2D eigenvalue weighted by atomic mass is 127. The number of imidazole rings is 1. The molecule has 2 aromatic rings. The molecule has 1 heterocycles. The summed E-state index contributed by atoms with van der Waals surface area (Å²) in [4.78, 5) is 42.9. The number of carbonyl (C=O) groups excluding carboxylic acids is 2. The van der Waals surface area contributed by atoms with Gasteiger partial charge in [0.25, 0.3) is 5.91 Å². The predicted octanol–water partition coefficient (Wildman–Crippen LogP) is 1.89. The van der Waals surface area contributed by atoms with Crippen molar-refractivity contribution in [3.63, 3.8) is 0 Å². The Kier molecular flexibility index (Phi) is 10.6. The lowest BCUT2D eigenvalue weighted by Gasteiger charge is -2.15. The maximum atomic E-state index is 12.6. The van der Waals surface area contributed by atoms with Crippen LogP contribution < -0.4 is 16.4 Å². The van der Waals surface area contributed by atoms with Crippen molar-refractivity contribution >= 4 is 63.5 Å². The van der Waals surface area contributed by atoms with Crippen molar-refractivity contribution in [3.8, 4) is 0 Å². The third-order valence-electron chi connectivity index (χ3n) is 3.97. The number of nitrogen functional groups attached to an aromatic ring is 1. The molecule has 1 aromatic heterocycles. The SMILES string of the molecule is Nc1cc(NC(=O)CSCCCOCI)cc(C(=O)NC(Cc2cnc[nH]2)C(=O)O)c1. The quantitative estimate of drug-likeness (QED) is 0.107. The minimum atomic E-state index is -1.18. The van der Waals surface area contributed by atoms with Crippen LogP contribution in [0.2, 0.25) is 0 Å². The van der Waals surface area contributed by atoms with E-state index >= 15 is 0 Å². The minimum Gasteiger partial charge on any atom is -0.480 e. The molecule has 2 rings (SSSR count). The van der Waals surface area contributed by atoms with Gasteiger partial charge < -0.3 is 31.2 Å². The Balaban J connectivity index is 1.93. The first-order valence-corrected chi connectivity index (χ1v) is 12.0. The topological polar surface area (TPSA) is 159 Å². The summed E-state index contributed by atoms with van der Waals surface area (Å²) < 4.78 is 5.88. The van der Waals surface area contributed by atoms with Crippen LogP contribution in [-0.2, 0) is 20.7 Å². The Morgan fingerprint density at radius 3 is 2.81 bits per heavy atom. The van der Waals surface area contributed by atoms with Gasteiger partial charge in [-0.2, -0.15) is 11.8 Å². The molecule has 0 bridgehead atoms. The summed E-state index contributed by atoms with van der Waals surface area (Å²) in [6.45, 7) is 0.656. The molecule has 0 saturated carbocycles. The number of carboxylic acids is 1. The smallest absolute Gasteiger partial charge is 0.326 e. The number of aliphatic carboxylic acids is 1. The highest BCUT2D eigenvalue weighted by molar-refractivity contribution is 14.1. The van der Waals surface area contributed by atoms with E-state index in [0.717, 1.165) is 12.2 Å². The number of hydrogen-bond donors (Lipinski definition) is 5. The number of rotatable bonds is 13. The second-order valence-electron chi connectivity index (χ2n) is 6.46. The van der Waals surface area contributed by atoms with Crippen LogP contribution >= 0.6 is 34.4 Å². The number of H-pyrrole nitrogens is 1. The number of aromatic nitrogens is 2. The van der Waals surface area contributed by atoms with Gasteiger partial charge >= 0.3 is 5.97 Å². The molecule has 1 atom stereocenters. The lowest BCUT2D eigenvalue weighted by Crippen LogP contribution is -2.42. The summed E-state index contributed by atoms with van der Waals surface area (Å²) in [7, 11) is 0. The van der Waals surface area contributed by atoms with E-state index < -0.39 is 17.9 Å². The van der Waals surface area contributed by atoms with Gasteiger partial charge in [-0.15, -0.1) is 0 Å². The fraction of sp³-hybridized carbons (Fsp3) is 0.368. The summed E-state index contributed by atoms with van der Waals surface area (Å²) in [5.74, 6) is -0.965. The number of carboxylic acid groups (broad SMARTS) is 1. The molecular weight excluding hydrogens is 537 g/mol. The molecule has 0 fully saturated rings. The average Bonchev–Trinajstić information content (AvgIpc) is 3.22. The van der Waals surface area contributed by atoms with E-state index in [0.29, 0.717) is 22.6 Å². The number of nitrogens with two attached hydrogens (primary N) is 1. The zero-order chi connectivity index (χ0) is 22.6. The third kappa shape index (κ3) is 9.14. The number of nitrogens with one attached hydrogen (secondary N) is 3. The molecule has 10 nitrogen and oxygen atoms in total. The van der Waals surface area contributed by atoms with Crippen molar-refractivity contribution in [1.29, 1.82) is 0 Å². The zero-order valence-electron chi connectivity index (χ0n) is 16.6. The molecular formula is C19H24IN5O5S. The minimum absolute atomic E-state index is 0.0487. The normalized spacial score (nSPS) is 11.6. The number of ether oxygens (including phenoxy) is 1. The standard InChI is InChI=1S/C19H24IN5O5S/c20-10-30-2-1-3-31-9-17(26)24-14-5-12(4-13(21)6-14)18(27)25-16(19(28)29)7-15-8-22-11-23-15/h4-6,8,11,16H,1-3,7,9-10,21H2,(H,22,23)(H,24,26)(H,25,27)(H,28,29). The van der Waals surface area contributed by atoms with Gasteiger partial charge in [-0.25, -0.2) is 9.78 Å². The van der Waals surface area contributed by atoms with Crippen LogP contribution in [0.3, 0.4) is 0 Å². The Morgan fingerprint density at radius 1 is 1.32 bits per heavy atom. The van der Waals surface area contributed by atoms with E-state index in [-0.39, 0.29) is 29.3 Å². The number of thioether (sulfide) groups is 1. The molecule has 2 amide bonds. The zero-order valence-corrected chi connectivity index (χ0v) is 19.6. The van der Waals surface area contributed by atoms with Gasteiger partial charge in [0.05, 0.1) is 16.7 Å². The van der Waals surface area contributed by atoms with Crippen LogP contribution in [-0.4, -0.2) is 61.6 Å². The van der Waals surface area contributed by atoms with E-state index in [2.05, 4.69) is 43.2 Å². The van der Waals surface area contributed by atoms with Gasteiger partial charge in [0.2, 0.25) is 5.91 Å². The molecule has 168 valence electrons. The van der Waals surface area contributed by atoms with Crippen molar-refractivity contribution in [2.24, 2.45) is 0 Å². The van der Waals surface area contributed by atoms with Crippen molar-refractivity contribution in [3.05, 3.63) is 42.0 Å². The van der Waals surface area contributed by atoms with Gasteiger partial charge in [-0.05, 0) is 30.4 Å². The predicted molar refractivity (Wildman–Crippen MR) is 127 cm³/mol. The van der Waals surface area contributed by atoms with Crippen LogP contribution in [0, 0.1) is 0 Å². The Morgan fingerprint density at radius 2 is 2.13 bits per heavy atom. The van der Waals surface area contributed by atoms with Crippen LogP contribution in [0.4, 0.5) is 11.4 Å². The van der Waals surface area contributed by atoms with Crippen molar-refractivity contribution in [1.82, 2.24) is 15.3 Å². The van der Waals surface area contributed by atoms with E-state index in [9.17, 15) is 19.5 Å². The van der Waals surface area contributed by atoms with Crippen molar-refractivity contribution in [2.45, 2.75) is 18.9 Å². The molecule has 1 unspecified atom stereocenters. The molecule has 0 aliphatic rings. The number of aromatic amines is 1. The molecule has 6 N–H and O–H groups in total. The van der Waals surface area contributed by atoms with E-state index in [1.165, 1.54) is 42.5 Å². The lowest BCUT2D eigenvalue weighted by molar-refractivity contribution is -0.139. The second-order valence-corrected chi connectivity index (χ2v) is 8.19. The number of alkyl halides is 1. The number of amides is 2. The molecule has 1 aromatic carbocycles. The molecule has 0 saturated heterocycles. The van der Waals surface area contributed by atoms with Crippen LogP contribution in [0.15, 0.2) is 30.7 Å². The first-order valence-electron chi connectivity index (χ1n) is 9.32. The van der Waals surface area contributed by atoms with Crippen LogP contribution in [0.5, 0.6) is 0 Å². The Hall–Kier alpha value is -2.32. The van der Waals surface area contributed by atoms with Crippen LogP contribution in [0.1, 0.15) is 22.5 Å². The first-order chi connectivity index (χ1) is 14.9. The maximum absolute atomic E-state index is 12.6. The lowest BCUT2D eigenvalue weighted by atomic mass is 10.1.